The van der Waals surface area contributed by atoms with Crippen molar-refractivity contribution in [3.63, 3.8) is 0 Å². The van der Waals surface area contributed by atoms with Crippen LogP contribution in [0.25, 0.3) is 0 Å². The molecule has 5 N–H and O–H groups in total. The molecule has 0 saturated carbocycles. The van der Waals surface area contributed by atoms with Crippen LogP contribution in [0.2, 0.25) is 0 Å². The van der Waals surface area contributed by atoms with Gasteiger partial charge in [0.05, 0.1) is 18.2 Å². The Morgan fingerprint density at radius 3 is 2.82 bits per heavy atom. The van der Waals surface area contributed by atoms with Crippen LogP contribution < -0.4 is 11.1 Å². The number of thioether (sulfide) groups is 1. The largest absolute Gasteiger partial charge is 0.389 e. The van der Waals surface area contributed by atoms with Crippen molar-refractivity contribution in [2.45, 2.75) is 49.4 Å². The van der Waals surface area contributed by atoms with Crippen molar-refractivity contribution >= 4 is 23.3 Å². The number of anilines is 1. The van der Waals surface area contributed by atoms with Gasteiger partial charge in [-0.05, 0) is 5.25 Å². The molecule has 1 unspecified atom stereocenters. The average molecular weight is 324 g/mol. The number of hydrogen-bond acceptors (Lipinski definition) is 9. The molecule has 3 heterocycles. The van der Waals surface area contributed by atoms with Crippen LogP contribution in [-0.2, 0) is 0 Å². The van der Waals surface area contributed by atoms with Crippen molar-refractivity contribution in [3.05, 3.63) is 12.0 Å². The summed E-state index contributed by atoms with van der Waals surface area (Å²) in [6.45, 7) is 4.20. The van der Waals surface area contributed by atoms with E-state index >= 15 is 0 Å². The van der Waals surface area contributed by atoms with Gasteiger partial charge in [0.15, 0.2) is 11.5 Å². The van der Waals surface area contributed by atoms with Crippen molar-refractivity contribution in [3.8, 4) is 0 Å². The first-order chi connectivity index (χ1) is 10.5. The predicted octanol–water partition coefficient (Wildman–Crippen LogP) is 0.401. The Hall–Kier alpha value is -1.29. The van der Waals surface area contributed by atoms with E-state index in [0.717, 1.165) is 5.75 Å². The summed E-state index contributed by atoms with van der Waals surface area (Å²) in [5.74, 6) is 0.992. The van der Waals surface area contributed by atoms with E-state index in [-0.39, 0.29) is 11.9 Å². The highest BCUT2D eigenvalue weighted by molar-refractivity contribution is 7.99. The highest BCUT2D eigenvalue weighted by Crippen LogP contribution is 2.41. The molecule has 0 radical (unpaired) electrons. The van der Waals surface area contributed by atoms with E-state index in [1.54, 1.807) is 11.8 Å². The smallest absolute Gasteiger partial charge is 0.155 e. The summed E-state index contributed by atoms with van der Waals surface area (Å²) in [4.78, 5) is 8.08. The average Bonchev–Trinajstić information content (AvgIpc) is 3.01. The van der Waals surface area contributed by atoms with Gasteiger partial charge < -0.3 is 21.3 Å². The van der Waals surface area contributed by atoms with Gasteiger partial charge in [-0.2, -0.15) is 16.9 Å². The van der Waals surface area contributed by atoms with Gasteiger partial charge in [-0.1, -0.05) is 13.8 Å². The van der Waals surface area contributed by atoms with Crippen LogP contribution >= 0.6 is 11.8 Å². The Bertz CT molecular complexity index is 584. The van der Waals surface area contributed by atoms with Gasteiger partial charge in [-0.15, -0.1) is 5.11 Å². The zero-order valence-electron chi connectivity index (χ0n) is 12.4. The molecular formula is C13H20N6O2S. The van der Waals surface area contributed by atoms with Gasteiger partial charge in [0.1, 0.15) is 18.1 Å². The molecule has 9 heteroatoms. The monoisotopic (exact) mass is 324 g/mol. The zero-order valence-corrected chi connectivity index (χ0v) is 13.2. The molecule has 0 aromatic carbocycles. The van der Waals surface area contributed by atoms with Crippen LogP contribution in [0.5, 0.6) is 0 Å². The number of fused-ring (bicyclic) bond motifs is 1. The third kappa shape index (κ3) is 2.69. The lowest BCUT2D eigenvalue weighted by atomic mass is 9.99. The lowest BCUT2D eigenvalue weighted by molar-refractivity contribution is 0.0271. The lowest BCUT2D eigenvalue weighted by Crippen LogP contribution is -2.38. The van der Waals surface area contributed by atoms with Crippen molar-refractivity contribution in [2.24, 2.45) is 10.2 Å². The number of nitrogens with one attached hydrogen (secondary N) is 1. The molecule has 0 amide bonds. The number of rotatable bonds is 4. The Morgan fingerprint density at radius 1 is 1.32 bits per heavy atom. The fourth-order valence-corrected chi connectivity index (χ4v) is 3.64. The summed E-state index contributed by atoms with van der Waals surface area (Å²) >= 11 is 1.73. The fourth-order valence-electron chi connectivity index (χ4n) is 2.76. The van der Waals surface area contributed by atoms with E-state index in [1.165, 1.54) is 6.33 Å². The first-order valence-corrected chi connectivity index (χ1v) is 8.29. The maximum absolute atomic E-state index is 10.4. The van der Waals surface area contributed by atoms with E-state index < -0.39 is 24.3 Å². The highest BCUT2D eigenvalue weighted by atomic mass is 32.2. The topological polar surface area (TPSA) is 129 Å². The third-order valence-electron chi connectivity index (χ3n) is 3.93. The number of aliphatic hydroxyl groups is 2. The van der Waals surface area contributed by atoms with Gasteiger partial charge in [0.25, 0.3) is 0 Å². The zero-order chi connectivity index (χ0) is 15.9. The van der Waals surface area contributed by atoms with E-state index in [1.807, 2.05) is 0 Å². The number of nitrogens with zero attached hydrogens (tertiary/aromatic N) is 4. The van der Waals surface area contributed by atoms with Gasteiger partial charge in [0, 0.05) is 11.8 Å². The van der Waals surface area contributed by atoms with Gasteiger partial charge in [0.2, 0.25) is 0 Å². The molecule has 1 saturated heterocycles. The van der Waals surface area contributed by atoms with E-state index in [0.29, 0.717) is 16.6 Å². The van der Waals surface area contributed by atoms with E-state index in [2.05, 4.69) is 39.4 Å². The molecule has 5 atom stereocenters. The minimum Gasteiger partial charge on any atom is -0.389 e. The summed E-state index contributed by atoms with van der Waals surface area (Å²) in [6, 6.07) is -1.09. The molecule has 0 bridgehead atoms. The summed E-state index contributed by atoms with van der Waals surface area (Å²) in [7, 11) is 0. The molecule has 2 aliphatic rings. The molecule has 120 valence electrons. The van der Waals surface area contributed by atoms with Crippen LogP contribution in [0.4, 0.5) is 11.5 Å². The molecule has 8 nitrogen and oxygen atoms in total. The minimum atomic E-state index is -0.927. The predicted molar refractivity (Wildman–Crippen MR) is 84.0 cm³/mol. The standard InChI is InChI=1S/C13H20N6O2S/c1-5(2)22-3-6-11(20)12(21)9(17-6)8-7-10(19-18-8)13(14)16-4-15-7/h4-6,8-9,11-12,17,20-21H,3H2,1-2H3,(H2,14,15,16)/t6-,8?,9+,11-,12+/m0/s1. The normalized spacial score (nSPS) is 33.6. The Kier molecular flexibility index (Phi) is 4.31. The molecule has 0 aliphatic carbocycles. The van der Waals surface area contributed by atoms with Crippen LogP contribution in [0, 0.1) is 0 Å². The first kappa shape index (κ1) is 15.6. The quantitative estimate of drug-likeness (QED) is 0.631. The van der Waals surface area contributed by atoms with Crippen molar-refractivity contribution < 1.29 is 10.2 Å². The second-order valence-corrected chi connectivity index (χ2v) is 7.42. The summed E-state index contributed by atoms with van der Waals surface area (Å²) in [5.41, 5.74) is 6.81. The highest BCUT2D eigenvalue weighted by Gasteiger charge is 2.47. The van der Waals surface area contributed by atoms with Gasteiger partial charge in [-0.3, -0.25) is 0 Å². The maximum atomic E-state index is 10.4. The number of aromatic nitrogens is 2. The Morgan fingerprint density at radius 2 is 2.09 bits per heavy atom. The Balaban J connectivity index is 1.77. The number of nitrogens with two attached hydrogens (primary N) is 1. The molecule has 2 aliphatic heterocycles. The molecule has 1 aromatic heterocycles. The molecular weight excluding hydrogens is 304 g/mol. The van der Waals surface area contributed by atoms with Crippen LogP contribution in [0.1, 0.15) is 25.6 Å². The van der Waals surface area contributed by atoms with Crippen molar-refractivity contribution in [1.29, 1.82) is 0 Å². The number of azo groups is 1. The molecule has 3 rings (SSSR count). The number of aliphatic hydroxyl groups excluding tert-OH is 2. The van der Waals surface area contributed by atoms with E-state index in [9.17, 15) is 10.2 Å². The summed E-state index contributed by atoms with van der Waals surface area (Å²) in [6.07, 6.45) is -0.403. The molecule has 22 heavy (non-hydrogen) atoms. The maximum Gasteiger partial charge on any atom is 0.155 e. The third-order valence-corrected chi connectivity index (χ3v) is 5.15. The summed E-state index contributed by atoms with van der Waals surface area (Å²) in [5, 5.41) is 32.5. The SMILES string of the molecule is CC(C)SC[C@@H]1N[C@H](C2N=Nc3c(N)ncnc32)[C@@H](O)[C@H]1O. The first-order valence-electron chi connectivity index (χ1n) is 7.24. The summed E-state index contributed by atoms with van der Waals surface area (Å²) < 4.78 is 0. The van der Waals surface area contributed by atoms with Crippen LogP contribution in [-0.4, -0.2) is 55.5 Å². The molecule has 1 aromatic rings. The molecule has 0 spiro atoms. The minimum absolute atomic E-state index is 0.189. The van der Waals surface area contributed by atoms with Gasteiger partial charge >= 0.3 is 0 Å². The van der Waals surface area contributed by atoms with Gasteiger partial charge in [-0.25, -0.2) is 9.97 Å². The Labute approximate surface area is 132 Å². The molecule has 1 fully saturated rings. The van der Waals surface area contributed by atoms with Crippen LogP contribution in [0.3, 0.4) is 0 Å². The van der Waals surface area contributed by atoms with Crippen molar-refractivity contribution in [1.82, 2.24) is 15.3 Å². The lowest BCUT2D eigenvalue weighted by Gasteiger charge is -2.19. The number of hydrogen-bond donors (Lipinski definition) is 4. The number of nitrogen functional groups attached to an aromatic ring is 1. The van der Waals surface area contributed by atoms with Crippen molar-refractivity contribution in [2.75, 3.05) is 11.5 Å². The second-order valence-electron chi connectivity index (χ2n) is 5.82. The fraction of sp³-hybridized carbons (Fsp3) is 0.692. The second kappa shape index (κ2) is 6.07. The van der Waals surface area contributed by atoms with Crippen LogP contribution in [0.15, 0.2) is 16.6 Å². The van der Waals surface area contributed by atoms with E-state index in [4.69, 9.17) is 5.73 Å².